The molecule has 0 N–H and O–H groups in total. The maximum atomic E-state index is 4.75. The van der Waals surface area contributed by atoms with Gasteiger partial charge in [0.15, 0.2) is 0 Å². The number of nitrogens with zero attached hydrogens (tertiary/aromatic N) is 1. The van der Waals surface area contributed by atoms with Gasteiger partial charge >= 0.3 is 0 Å². The minimum absolute atomic E-state index is 0.0533. The fraction of sp³-hybridized carbons (Fsp3) is 0.100. The molecule has 0 spiro atoms. The minimum atomic E-state index is -0.0533. The van der Waals surface area contributed by atoms with E-state index in [1.807, 2.05) is 6.20 Å². The minimum Gasteiger partial charge on any atom is -0.256 e. The Bertz CT molecular complexity index is 1440. The van der Waals surface area contributed by atoms with Crippen LogP contribution >= 0.6 is 0 Å². The monoisotopic (exact) mass is 397 g/mol. The Balaban J connectivity index is 1.47. The van der Waals surface area contributed by atoms with Crippen molar-refractivity contribution in [3.63, 3.8) is 0 Å². The summed E-state index contributed by atoms with van der Waals surface area (Å²) in [6.45, 7) is 4.67. The van der Waals surface area contributed by atoms with Gasteiger partial charge in [-0.2, -0.15) is 0 Å². The van der Waals surface area contributed by atoms with Gasteiger partial charge < -0.3 is 0 Å². The maximum absolute atomic E-state index is 4.75. The van der Waals surface area contributed by atoms with Crippen LogP contribution in [0.1, 0.15) is 25.0 Å². The molecule has 0 amide bonds. The largest absolute Gasteiger partial charge is 0.256 e. The smallest absolute Gasteiger partial charge is 0.0708 e. The second kappa shape index (κ2) is 6.65. The van der Waals surface area contributed by atoms with Crippen LogP contribution in [0.5, 0.6) is 0 Å². The van der Waals surface area contributed by atoms with Crippen molar-refractivity contribution in [3.8, 4) is 33.5 Å². The third-order valence-electron chi connectivity index (χ3n) is 6.71. The van der Waals surface area contributed by atoms with Gasteiger partial charge in [-0.3, -0.25) is 4.98 Å². The van der Waals surface area contributed by atoms with Crippen LogP contribution in [-0.4, -0.2) is 4.98 Å². The second-order valence-corrected chi connectivity index (χ2v) is 8.93. The van der Waals surface area contributed by atoms with E-state index in [1.165, 1.54) is 49.7 Å². The standard InChI is InChI=1S/C30H23N/c1-30(2)27-16-22(20-8-4-3-5-9-20)12-14-25(27)26-15-13-23(17-28(26)30)29-18-21-10-6-7-11-24(21)19-31-29/h3-19H,1-2H3. The van der Waals surface area contributed by atoms with Gasteiger partial charge in [0.1, 0.15) is 0 Å². The highest BCUT2D eigenvalue weighted by molar-refractivity contribution is 5.88. The van der Waals surface area contributed by atoms with E-state index < -0.39 is 0 Å². The van der Waals surface area contributed by atoms with Crippen molar-refractivity contribution in [2.75, 3.05) is 0 Å². The number of hydrogen-bond donors (Lipinski definition) is 0. The average Bonchev–Trinajstić information content (AvgIpc) is 3.05. The van der Waals surface area contributed by atoms with Gasteiger partial charge in [-0.05, 0) is 57.0 Å². The lowest BCUT2D eigenvalue weighted by atomic mass is 9.81. The third kappa shape index (κ3) is 2.81. The van der Waals surface area contributed by atoms with Gasteiger partial charge in [0, 0.05) is 22.6 Å². The molecule has 0 saturated carbocycles. The first-order chi connectivity index (χ1) is 15.1. The number of rotatable bonds is 2. The number of aromatic nitrogens is 1. The molecule has 5 aromatic rings. The lowest BCUT2D eigenvalue weighted by molar-refractivity contribution is 0.661. The second-order valence-electron chi connectivity index (χ2n) is 8.93. The zero-order chi connectivity index (χ0) is 21.0. The van der Waals surface area contributed by atoms with Crippen molar-refractivity contribution in [1.82, 2.24) is 4.98 Å². The Hall–Kier alpha value is -3.71. The normalized spacial score (nSPS) is 13.7. The van der Waals surface area contributed by atoms with Gasteiger partial charge in [0.25, 0.3) is 0 Å². The molecule has 0 aliphatic heterocycles. The average molecular weight is 398 g/mol. The van der Waals surface area contributed by atoms with E-state index in [9.17, 15) is 0 Å². The van der Waals surface area contributed by atoms with E-state index in [0.717, 1.165) is 5.69 Å². The molecule has 1 nitrogen and oxygen atoms in total. The molecule has 6 rings (SSSR count). The van der Waals surface area contributed by atoms with Crippen molar-refractivity contribution in [1.29, 1.82) is 0 Å². The Morgan fingerprint density at radius 2 is 1.16 bits per heavy atom. The Morgan fingerprint density at radius 1 is 0.548 bits per heavy atom. The maximum Gasteiger partial charge on any atom is 0.0708 e. The SMILES string of the molecule is CC1(C)c2cc(-c3ccccc3)ccc2-c2ccc(-c3cc4ccccc4cn3)cc21. The summed E-state index contributed by atoms with van der Waals surface area (Å²) in [5.41, 5.74) is 10.1. The molecule has 0 radical (unpaired) electrons. The topological polar surface area (TPSA) is 12.9 Å². The van der Waals surface area contributed by atoms with Gasteiger partial charge in [0.05, 0.1) is 5.69 Å². The molecule has 1 heterocycles. The lowest BCUT2D eigenvalue weighted by Crippen LogP contribution is -2.15. The highest BCUT2D eigenvalue weighted by Gasteiger charge is 2.35. The van der Waals surface area contributed by atoms with Crippen LogP contribution in [0, 0.1) is 0 Å². The molecule has 0 unspecified atom stereocenters. The predicted molar refractivity (Wildman–Crippen MR) is 130 cm³/mol. The van der Waals surface area contributed by atoms with Crippen molar-refractivity contribution in [3.05, 3.63) is 114 Å². The highest BCUT2D eigenvalue weighted by Crippen LogP contribution is 2.50. The molecule has 0 bridgehead atoms. The van der Waals surface area contributed by atoms with E-state index in [4.69, 9.17) is 4.98 Å². The first kappa shape index (κ1) is 18.1. The van der Waals surface area contributed by atoms with Crippen LogP contribution in [0.3, 0.4) is 0 Å². The van der Waals surface area contributed by atoms with Gasteiger partial charge in [-0.25, -0.2) is 0 Å². The van der Waals surface area contributed by atoms with E-state index in [-0.39, 0.29) is 5.41 Å². The first-order valence-corrected chi connectivity index (χ1v) is 10.8. The van der Waals surface area contributed by atoms with E-state index >= 15 is 0 Å². The van der Waals surface area contributed by atoms with Crippen LogP contribution in [0.4, 0.5) is 0 Å². The molecule has 31 heavy (non-hydrogen) atoms. The molecule has 148 valence electrons. The summed E-state index contributed by atoms with van der Waals surface area (Å²) in [5, 5.41) is 2.40. The summed E-state index contributed by atoms with van der Waals surface area (Å²) in [5.74, 6) is 0. The Labute approximate surface area is 183 Å². The van der Waals surface area contributed by atoms with Crippen LogP contribution < -0.4 is 0 Å². The molecule has 0 atom stereocenters. The van der Waals surface area contributed by atoms with Crippen molar-refractivity contribution < 1.29 is 0 Å². The summed E-state index contributed by atoms with van der Waals surface area (Å²) < 4.78 is 0. The summed E-state index contributed by atoms with van der Waals surface area (Å²) in [6.07, 6.45) is 1.98. The molecule has 0 fully saturated rings. The molecule has 1 aliphatic rings. The summed E-state index contributed by atoms with van der Waals surface area (Å²) in [4.78, 5) is 4.75. The number of hydrogen-bond acceptors (Lipinski definition) is 1. The van der Waals surface area contributed by atoms with Crippen LogP contribution in [0.15, 0.2) is 103 Å². The van der Waals surface area contributed by atoms with Gasteiger partial charge in [-0.15, -0.1) is 0 Å². The molecular formula is C30H23N. The fourth-order valence-electron chi connectivity index (χ4n) is 4.95. The van der Waals surface area contributed by atoms with Crippen LogP contribution in [0.25, 0.3) is 44.3 Å². The van der Waals surface area contributed by atoms with Crippen molar-refractivity contribution >= 4 is 10.8 Å². The summed E-state index contributed by atoms with van der Waals surface area (Å²) >= 11 is 0. The molecule has 1 heteroatoms. The zero-order valence-electron chi connectivity index (χ0n) is 17.8. The van der Waals surface area contributed by atoms with Crippen LogP contribution in [0.2, 0.25) is 0 Å². The predicted octanol–water partition coefficient (Wildman–Crippen LogP) is 7.88. The first-order valence-electron chi connectivity index (χ1n) is 10.8. The molecule has 1 aromatic heterocycles. The van der Waals surface area contributed by atoms with E-state index in [2.05, 4.69) is 111 Å². The van der Waals surface area contributed by atoms with Crippen molar-refractivity contribution in [2.24, 2.45) is 0 Å². The van der Waals surface area contributed by atoms with Crippen molar-refractivity contribution in [2.45, 2.75) is 19.3 Å². The summed E-state index contributed by atoms with van der Waals surface area (Å²) in [6, 6.07) is 35.0. The molecular weight excluding hydrogens is 374 g/mol. The Kier molecular flexibility index (Phi) is 3.88. The van der Waals surface area contributed by atoms with E-state index in [1.54, 1.807) is 0 Å². The zero-order valence-corrected chi connectivity index (χ0v) is 17.8. The molecule has 0 saturated heterocycles. The molecule has 4 aromatic carbocycles. The number of fused-ring (bicyclic) bond motifs is 4. The number of benzene rings is 4. The summed E-state index contributed by atoms with van der Waals surface area (Å²) in [7, 11) is 0. The number of pyridine rings is 1. The van der Waals surface area contributed by atoms with Gasteiger partial charge in [-0.1, -0.05) is 92.7 Å². The van der Waals surface area contributed by atoms with E-state index in [0.29, 0.717) is 0 Å². The lowest BCUT2D eigenvalue weighted by Gasteiger charge is -2.22. The van der Waals surface area contributed by atoms with Gasteiger partial charge in [0.2, 0.25) is 0 Å². The Morgan fingerprint density at radius 3 is 1.90 bits per heavy atom. The third-order valence-corrected chi connectivity index (χ3v) is 6.71. The quantitative estimate of drug-likeness (QED) is 0.295. The molecule has 1 aliphatic carbocycles. The fourth-order valence-corrected chi connectivity index (χ4v) is 4.95. The highest BCUT2D eigenvalue weighted by atomic mass is 14.7. The van der Waals surface area contributed by atoms with Crippen LogP contribution in [-0.2, 0) is 5.41 Å².